The highest BCUT2D eigenvalue weighted by molar-refractivity contribution is 5.73. The third kappa shape index (κ3) is 4.62. The van der Waals surface area contributed by atoms with E-state index in [2.05, 4.69) is 41.3 Å². The molecule has 0 spiro atoms. The molecule has 2 aromatic carbocycles. The second-order valence-electron chi connectivity index (χ2n) is 9.52. The highest BCUT2D eigenvalue weighted by Gasteiger charge is 2.52. The summed E-state index contributed by atoms with van der Waals surface area (Å²) in [6, 6.07) is 16.8. The fourth-order valence-corrected chi connectivity index (χ4v) is 5.02. The van der Waals surface area contributed by atoms with Crippen LogP contribution in [0.15, 0.2) is 48.5 Å². The van der Waals surface area contributed by atoms with Crippen LogP contribution in [0, 0.1) is 0 Å². The van der Waals surface area contributed by atoms with Gasteiger partial charge in [0, 0.05) is 24.3 Å². The van der Waals surface area contributed by atoms with Crippen LogP contribution in [0.1, 0.15) is 17.5 Å². The van der Waals surface area contributed by atoms with Gasteiger partial charge in [-0.3, -0.25) is 0 Å². The molecule has 4 rings (SSSR count). The summed E-state index contributed by atoms with van der Waals surface area (Å²) in [7, 11) is 3.67. The van der Waals surface area contributed by atoms with Gasteiger partial charge < -0.3 is 34.5 Å². The number of anilines is 2. The fourth-order valence-electron chi connectivity index (χ4n) is 5.02. The number of para-hydroxylation sites is 2. The molecule has 5 unspecified atom stereocenters. The smallest absolute Gasteiger partial charge is 0.335 e. The van der Waals surface area contributed by atoms with Crippen molar-refractivity contribution in [1.29, 1.82) is 0 Å². The van der Waals surface area contributed by atoms with Crippen molar-refractivity contribution < 1.29 is 34.4 Å². The molecule has 2 aliphatic rings. The van der Waals surface area contributed by atoms with Gasteiger partial charge in [-0.1, -0.05) is 36.4 Å². The van der Waals surface area contributed by atoms with Gasteiger partial charge in [0.05, 0.1) is 20.6 Å². The zero-order chi connectivity index (χ0) is 23.8. The van der Waals surface area contributed by atoms with Crippen LogP contribution in [0.2, 0.25) is 0 Å². The molecule has 178 valence electrons. The number of carboxylic acid groups (broad SMARTS) is 1. The monoisotopic (exact) mass is 457 g/mol. The van der Waals surface area contributed by atoms with Gasteiger partial charge in [0.15, 0.2) is 12.2 Å². The minimum Gasteiger partial charge on any atom is -0.479 e. The van der Waals surface area contributed by atoms with Crippen molar-refractivity contribution in [3.8, 4) is 0 Å². The van der Waals surface area contributed by atoms with Crippen LogP contribution in [0.4, 0.5) is 11.4 Å². The molecule has 4 N–H and O–H groups in total. The molecule has 0 amide bonds. The predicted molar refractivity (Wildman–Crippen MR) is 123 cm³/mol. The van der Waals surface area contributed by atoms with Crippen molar-refractivity contribution in [1.82, 2.24) is 0 Å². The lowest BCUT2D eigenvalue weighted by atomic mass is 9.96. The first kappa shape index (κ1) is 23.7. The average Bonchev–Trinajstić information content (AvgIpc) is 2.94. The second kappa shape index (κ2) is 9.40. The van der Waals surface area contributed by atoms with Crippen LogP contribution in [0.5, 0.6) is 0 Å². The normalized spacial score (nSPS) is 27.4. The van der Waals surface area contributed by atoms with Gasteiger partial charge >= 0.3 is 5.97 Å². The van der Waals surface area contributed by atoms with Crippen LogP contribution < -0.4 is 4.90 Å². The van der Waals surface area contributed by atoms with E-state index in [1.165, 1.54) is 22.5 Å². The average molecular weight is 458 g/mol. The molecular weight excluding hydrogens is 424 g/mol. The molecule has 2 aromatic rings. The summed E-state index contributed by atoms with van der Waals surface area (Å²) in [5.41, 5.74) is 4.97. The van der Waals surface area contributed by atoms with Crippen molar-refractivity contribution in [3.05, 3.63) is 59.7 Å². The minimum absolute atomic E-state index is 0.145. The SMILES string of the molecule is C[N+](C)(CCCN1c2ccccc2CCc2ccccc21)C1OC(C(=O)O)C(O)C(O)C1O. The summed E-state index contributed by atoms with van der Waals surface area (Å²) in [5.74, 6) is -1.36. The molecule has 5 atom stereocenters. The number of hydrogen-bond donors (Lipinski definition) is 4. The number of aryl methyl sites for hydroxylation is 2. The number of carboxylic acids is 1. The Morgan fingerprint density at radius 1 is 0.939 bits per heavy atom. The number of hydrogen-bond acceptors (Lipinski definition) is 6. The number of carbonyl (C=O) groups is 1. The number of benzene rings is 2. The van der Waals surface area contributed by atoms with E-state index < -0.39 is 36.6 Å². The lowest BCUT2D eigenvalue weighted by Crippen LogP contribution is -2.68. The van der Waals surface area contributed by atoms with E-state index in [9.17, 15) is 25.2 Å². The van der Waals surface area contributed by atoms with E-state index in [1.54, 1.807) is 0 Å². The molecule has 33 heavy (non-hydrogen) atoms. The van der Waals surface area contributed by atoms with E-state index in [0.29, 0.717) is 6.54 Å². The maximum absolute atomic E-state index is 11.5. The van der Waals surface area contributed by atoms with Gasteiger partial charge in [-0.15, -0.1) is 0 Å². The molecule has 0 radical (unpaired) electrons. The third-order valence-electron chi connectivity index (χ3n) is 6.87. The van der Waals surface area contributed by atoms with Gasteiger partial charge in [0.2, 0.25) is 6.23 Å². The Bertz CT molecular complexity index is 949. The Morgan fingerprint density at radius 2 is 1.48 bits per heavy atom. The topological polar surface area (TPSA) is 110 Å². The summed E-state index contributed by atoms with van der Waals surface area (Å²) in [6.07, 6.45) is -4.55. The van der Waals surface area contributed by atoms with Crippen LogP contribution in [-0.4, -0.2) is 88.7 Å². The molecule has 1 saturated heterocycles. The first-order chi connectivity index (χ1) is 15.7. The summed E-state index contributed by atoms with van der Waals surface area (Å²) in [4.78, 5) is 13.8. The van der Waals surface area contributed by atoms with Crippen molar-refractivity contribution in [2.24, 2.45) is 0 Å². The molecular formula is C25H33N2O6+. The minimum atomic E-state index is -1.68. The van der Waals surface area contributed by atoms with Crippen LogP contribution in [0.3, 0.4) is 0 Å². The van der Waals surface area contributed by atoms with Gasteiger partial charge in [0.1, 0.15) is 12.2 Å². The lowest BCUT2D eigenvalue weighted by Gasteiger charge is -2.46. The third-order valence-corrected chi connectivity index (χ3v) is 6.87. The molecule has 8 nitrogen and oxygen atoms in total. The number of quaternary nitrogens is 1. The number of rotatable bonds is 6. The molecule has 8 heteroatoms. The number of aliphatic hydroxyl groups is 3. The summed E-state index contributed by atoms with van der Waals surface area (Å²) in [5, 5.41) is 40.1. The van der Waals surface area contributed by atoms with Crippen LogP contribution in [0.25, 0.3) is 0 Å². The molecule has 1 fully saturated rings. The number of nitrogens with zero attached hydrogens (tertiary/aromatic N) is 2. The molecule has 2 aliphatic heterocycles. The predicted octanol–water partition coefficient (Wildman–Crippen LogP) is 1.28. The van der Waals surface area contributed by atoms with Crippen LogP contribution in [-0.2, 0) is 22.4 Å². The summed E-state index contributed by atoms with van der Waals surface area (Å²) in [6.45, 7) is 1.30. The molecule has 0 bridgehead atoms. The zero-order valence-electron chi connectivity index (χ0n) is 19.0. The standard InChI is InChI=1S/C25H32N2O6/c1-27(2,24-22(30)20(28)21(29)23(33-24)25(31)32)15-7-14-26-18-10-5-3-8-16(18)12-13-17-9-4-6-11-19(17)26/h3-6,8-11,20-24,28-30H,7,12-15H2,1-2H3/p+1. The Hall–Kier alpha value is -2.49. The zero-order valence-corrected chi connectivity index (χ0v) is 19.0. The van der Waals surface area contributed by atoms with Gasteiger partial charge in [-0.25, -0.2) is 4.79 Å². The van der Waals surface area contributed by atoms with Gasteiger partial charge in [-0.05, 0) is 36.1 Å². The lowest BCUT2D eigenvalue weighted by molar-refractivity contribution is -0.944. The Morgan fingerprint density at radius 3 is 2.03 bits per heavy atom. The molecule has 0 aliphatic carbocycles. The Balaban J connectivity index is 1.51. The fraction of sp³-hybridized carbons (Fsp3) is 0.480. The molecule has 0 aromatic heterocycles. The number of likely N-dealkylation sites (N-methyl/N-ethyl adjacent to an activating group) is 1. The van der Waals surface area contributed by atoms with Crippen molar-refractivity contribution in [3.63, 3.8) is 0 Å². The highest BCUT2D eigenvalue weighted by Crippen LogP contribution is 2.36. The van der Waals surface area contributed by atoms with E-state index >= 15 is 0 Å². The van der Waals surface area contributed by atoms with Crippen molar-refractivity contribution in [2.45, 2.75) is 49.9 Å². The van der Waals surface area contributed by atoms with Crippen molar-refractivity contribution in [2.75, 3.05) is 32.1 Å². The maximum atomic E-state index is 11.5. The summed E-state index contributed by atoms with van der Waals surface area (Å²) >= 11 is 0. The number of fused-ring (bicyclic) bond motifs is 2. The van der Waals surface area contributed by atoms with Gasteiger partial charge in [0.25, 0.3) is 0 Å². The quantitative estimate of drug-likeness (QED) is 0.484. The number of aliphatic carboxylic acids is 1. The first-order valence-corrected chi connectivity index (χ1v) is 11.4. The number of ether oxygens (including phenoxy) is 1. The molecule has 0 saturated carbocycles. The van der Waals surface area contributed by atoms with E-state index in [-0.39, 0.29) is 4.48 Å². The Labute approximate surface area is 193 Å². The summed E-state index contributed by atoms with van der Waals surface area (Å²) < 4.78 is 5.73. The maximum Gasteiger partial charge on any atom is 0.335 e. The van der Waals surface area contributed by atoms with Crippen molar-refractivity contribution >= 4 is 17.3 Å². The molecule has 2 heterocycles. The van der Waals surface area contributed by atoms with Crippen LogP contribution >= 0.6 is 0 Å². The highest BCUT2D eigenvalue weighted by atomic mass is 16.6. The first-order valence-electron chi connectivity index (χ1n) is 11.4. The van der Waals surface area contributed by atoms with E-state index in [0.717, 1.165) is 25.8 Å². The number of aliphatic hydroxyl groups excluding tert-OH is 3. The largest absolute Gasteiger partial charge is 0.479 e. The Kier molecular flexibility index (Phi) is 6.74. The second-order valence-corrected chi connectivity index (χ2v) is 9.52. The van der Waals surface area contributed by atoms with E-state index in [1.807, 2.05) is 26.2 Å². The van der Waals surface area contributed by atoms with E-state index in [4.69, 9.17) is 4.74 Å². The van der Waals surface area contributed by atoms with Gasteiger partial charge in [-0.2, -0.15) is 0 Å².